The van der Waals surface area contributed by atoms with E-state index in [0.29, 0.717) is 31.7 Å². The van der Waals surface area contributed by atoms with E-state index in [1.807, 2.05) is 0 Å². The number of ether oxygens (including phenoxy) is 1. The highest BCUT2D eigenvalue weighted by molar-refractivity contribution is 9.10. The minimum absolute atomic E-state index is 0.130. The Kier molecular flexibility index (Phi) is 4.73. The average molecular weight is 452 g/mol. The molecular weight excluding hydrogens is 434 g/mol. The Labute approximate surface area is 168 Å². The minimum Gasteiger partial charge on any atom is -0.508 e. The molecule has 0 bridgehead atoms. The van der Waals surface area contributed by atoms with Crippen molar-refractivity contribution in [2.75, 3.05) is 18.5 Å². The second-order valence-corrected chi connectivity index (χ2v) is 8.29. The molecular formula is C18H18BrN3O4S. The maximum atomic E-state index is 12.8. The first-order valence-electron chi connectivity index (χ1n) is 8.60. The largest absolute Gasteiger partial charge is 0.508 e. The molecule has 0 radical (unpaired) electrons. The molecule has 1 aromatic heterocycles. The minimum atomic E-state index is -0.451. The number of benzene rings is 1. The molecule has 4 rings (SSSR count). The van der Waals surface area contributed by atoms with Crippen LogP contribution >= 0.6 is 27.3 Å². The van der Waals surface area contributed by atoms with Gasteiger partial charge in [0.25, 0.3) is 5.91 Å². The number of hydrogen-bond donors (Lipinski definition) is 3. The van der Waals surface area contributed by atoms with Crippen LogP contribution in [-0.2, 0) is 17.7 Å². The van der Waals surface area contributed by atoms with Crippen molar-refractivity contribution in [3.05, 3.63) is 44.2 Å². The van der Waals surface area contributed by atoms with Gasteiger partial charge in [0.1, 0.15) is 16.9 Å². The number of carbonyl (C=O) groups excluding carboxylic acids is 2. The van der Waals surface area contributed by atoms with Crippen LogP contribution in [0.15, 0.2) is 22.7 Å². The standard InChI is InChI=1S/C18H18BrN3O4S/c1-2-26-18(25)22-6-5-10-13(8-22)27-17-14(10)16(24)20-15(21-17)11-7-9(23)3-4-12(11)19/h3-4,7,15,21,23H,2,5-6,8H2,1H3,(H,20,24)/t15-/m0/s1. The van der Waals surface area contributed by atoms with E-state index >= 15 is 0 Å². The SMILES string of the molecule is CCOC(=O)N1CCc2c(sc3c2C(=O)N[C@H](c2cc(O)ccc2Br)N3)C1. The Balaban J connectivity index is 1.63. The lowest BCUT2D eigenvalue weighted by molar-refractivity contribution is 0.0934. The number of phenols is 1. The van der Waals surface area contributed by atoms with Crippen molar-refractivity contribution in [2.24, 2.45) is 0 Å². The van der Waals surface area contributed by atoms with Gasteiger partial charge in [0.2, 0.25) is 0 Å². The zero-order valence-electron chi connectivity index (χ0n) is 14.5. The first-order chi connectivity index (χ1) is 13.0. The fourth-order valence-electron chi connectivity index (χ4n) is 3.39. The number of anilines is 1. The molecule has 2 aliphatic rings. The van der Waals surface area contributed by atoms with Gasteiger partial charge in [0.05, 0.1) is 18.7 Å². The highest BCUT2D eigenvalue weighted by atomic mass is 79.9. The molecule has 0 saturated heterocycles. The number of thiophene rings is 1. The first-order valence-corrected chi connectivity index (χ1v) is 10.2. The Morgan fingerprint density at radius 1 is 1.44 bits per heavy atom. The molecule has 0 fully saturated rings. The third-order valence-corrected chi connectivity index (χ3v) is 6.52. The van der Waals surface area contributed by atoms with E-state index in [-0.39, 0.29) is 17.7 Å². The maximum Gasteiger partial charge on any atom is 0.410 e. The summed E-state index contributed by atoms with van der Waals surface area (Å²) < 4.78 is 5.87. The molecule has 0 aliphatic carbocycles. The summed E-state index contributed by atoms with van der Waals surface area (Å²) in [7, 11) is 0. The highest BCUT2D eigenvalue weighted by Crippen LogP contribution is 2.41. The first kappa shape index (κ1) is 18.1. The van der Waals surface area contributed by atoms with Gasteiger partial charge in [-0.2, -0.15) is 0 Å². The van der Waals surface area contributed by atoms with Gasteiger partial charge in [-0.1, -0.05) is 15.9 Å². The van der Waals surface area contributed by atoms with Crippen molar-refractivity contribution >= 4 is 44.3 Å². The number of amides is 2. The van der Waals surface area contributed by atoms with Gasteiger partial charge in [-0.05, 0) is 37.1 Å². The van der Waals surface area contributed by atoms with E-state index < -0.39 is 6.17 Å². The smallest absolute Gasteiger partial charge is 0.410 e. The van der Waals surface area contributed by atoms with Gasteiger partial charge in [-0.25, -0.2) is 4.79 Å². The van der Waals surface area contributed by atoms with E-state index in [1.54, 1.807) is 30.0 Å². The summed E-state index contributed by atoms with van der Waals surface area (Å²) in [5, 5.41) is 16.9. The van der Waals surface area contributed by atoms with Crippen LogP contribution < -0.4 is 10.6 Å². The van der Waals surface area contributed by atoms with Gasteiger partial charge in [-0.3, -0.25) is 4.79 Å². The summed E-state index contributed by atoms with van der Waals surface area (Å²) in [5.41, 5.74) is 2.40. The quantitative estimate of drug-likeness (QED) is 0.648. The molecule has 9 heteroatoms. The number of rotatable bonds is 2. The predicted octanol–water partition coefficient (Wildman–Crippen LogP) is 3.58. The molecule has 3 N–H and O–H groups in total. The second-order valence-electron chi connectivity index (χ2n) is 6.34. The van der Waals surface area contributed by atoms with Crippen LogP contribution in [0.5, 0.6) is 5.75 Å². The Bertz CT molecular complexity index is 930. The number of hydrogen-bond acceptors (Lipinski definition) is 6. The molecule has 3 heterocycles. The Hall–Kier alpha value is -2.26. The topological polar surface area (TPSA) is 90.9 Å². The molecule has 0 spiro atoms. The van der Waals surface area contributed by atoms with E-state index in [0.717, 1.165) is 25.5 Å². The molecule has 2 aromatic rings. The van der Waals surface area contributed by atoms with Crippen molar-refractivity contribution in [3.63, 3.8) is 0 Å². The number of carbonyl (C=O) groups is 2. The zero-order valence-corrected chi connectivity index (χ0v) is 16.9. The highest BCUT2D eigenvalue weighted by Gasteiger charge is 2.35. The Morgan fingerprint density at radius 2 is 2.26 bits per heavy atom. The van der Waals surface area contributed by atoms with Crippen molar-refractivity contribution in [1.29, 1.82) is 0 Å². The van der Waals surface area contributed by atoms with Gasteiger partial charge in [0, 0.05) is 21.5 Å². The lowest BCUT2D eigenvalue weighted by atomic mass is 10.0. The number of phenolic OH excluding ortho intramolecular Hbond substituents is 1. The number of nitrogens with zero attached hydrogens (tertiary/aromatic N) is 1. The summed E-state index contributed by atoms with van der Waals surface area (Å²) in [6, 6.07) is 4.94. The monoisotopic (exact) mass is 451 g/mol. The van der Waals surface area contributed by atoms with Crippen LogP contribution in [0.2, 0.25) is 0 Å². The molecule has 0 saturated carbocycles. The molecule has 1 atom stereocenters. The lowest BCUT2D eigenvalue weighted by Crippen LogP contribution is -2.39. The summed E-state index contributed by atoms with van der Waals surface area (Å²) in [5.74, 6) is -0.0170. The zero-order chi connectivity index (χ0) is 19.1. The summed E-state index contributed by atoms with van der Waals surface area (Å²) in [6.45, 7) is 3.10. The van der Waals surface area contributed by atoms with Gasteiger partial charge in [0.15, 0.2) is 0 Å². The van der Waals surface area contributed by atoms with Gasteiger partial charge in [-0.15, -0.1) is 11.3 Å². The van der Waals surface area contributed by atoms with E-state index in [9.17, 15) is 14.7 Å². The van der Waals surface area contributed by atoms with E-state index in [4.69, 9.17) is 4.74 Å². The van der Waals surface area contributed by atoms with Crippen LogP contribution in [-0.4, -0.2) is 35.2 Å². The molecule has 7 nitrogen and oxygen atoms in total. The van der Waals surface area contributed by atoms with Crippen molar-refractivity contribution < 1.29 is 19.4 Å². The van der Waals surface area contributed by atoms with Crippen molar-refractivity contribution in [1.82, 2.24) is 10.2 Å². The van der Waals surface area contributed by atoms with E-state index in [1.165, 1.54) is 11.3 Å². The lowest BCUT2D eigenvalue weighted by Gasteiger charge is -2.28. The molecule has 27 heavy (non-hydrogen) atoms. The van der Waals surface area contributed by atoms with Crippen molar-refractivity contribution in [3.8, 4) is 5.75 Å². The summed E-state index contributed by atoms with van der Waals surface area (Å²) in [4.78, 5) is 27.5. The van der Waals surface area contributed by atoms with Crippen LogP contribution in [0.3, 0.4) is 0 Å². The van der Waals surface area contributed by atoms with Crippen LogP contribution in [0.4, 0.5) is 9.80 Å². The maximum absolute atomic E-state index is 12.8. The molecule has 1 aromatic carbocycles. The average Bonchev–Trinajstić information content (AvgIpc) is 3.01. The number of fused-ring (bicyclic) bond motifs is 3. The molecule has 142 valence electrons. The predicted molar refractivity (Wildman–Crippen MR) is 105 cm³/mol. The Morgan fingerprint density at radius 3 is 3.04 bits per heavy atom. The third-order valence-electron chi connectivity index (χ3n) is 4.65. The fourth-order valence-corrected chi connectivity index (χ4v) is 5.16. The molecule has 0 unspecified atom stereocenters. The van der Waals surface area contributed by atoms with Crippen LogP contribution in [0.25, 0.3) is 0 Å². The summed E-state index contributed by atoms with van der Waals surface area (Å²) in [6.07, 6.45) is -0.156. The van der Waals surface area contributed by atoms with Crippen LogP contribution in [0, 0.1) is 0 Å². The molecule has 2 amide bonds. The number of halogens is 1. The number of nitrogens with one attached hydrogen (secondary N) is 2. The van der Waals surface area contributed by atoms with Crippen LogP contribution in [0.1, 0.15) is 39.5 Å². The second kappa shape index (κ2) is 7.05. The number of aromatic hydroxyl groups is 1. The normalized spacial score (nSPS) is 18.2. The summed E-state index contributed by atoms with van der Waals surface area (Å²) >= 11 is 4.95. The van der Waals surface area contributed by atoms with Gasteiger partial charge >= 0.3 is 6.09 Å². The van der Waals surface area contributed by atoms with Gasteiger partial charge < -0.3 is 25.4 Å². The van der Waals surface area contributed by atoms with E-state index in [2.05, 4.69) is 26.6 Å². The van der Waals surface area contributed by atoms with Crippen molar-refractivity contribution in [2.45, 2.75) is 26.1 Å². The third kappa shape index (κ3) is 3.25. The molecule has 2 aliphatic heterocycles. The fraction of sp³-hybridized carbons (Fsp3) is 0.333.